The second kappa shape index (κ2) is 6.57. The third kappa shape index (κ3) is 3.70. The highest BCUT2D eigenvalue weighted by atomic mass is 16.5. The maximum atomic E-state index is 11.1. The van der Waals surface area contributed by atoms with Gasteiger partial charge in [-0.2, -0.15) is 0 Å². The Kier molecular flexibility index (Phi) is 4.80. The van der Waals surface area contributed by atoms with Crippen LogP contribution in [0.5, 0.6) is 0 Å². The van der Waals surface area contributed by atoms with Crippen LogP contribution in [-0.2, 0) is 9.53 Å². The number of rotatable bonds is 5. The largest absolute Gasteiger partial charge is 0.468 e. The Bertz CT molecular complexity index is 428. The lowest BCUT2D eigenvalue weighted by Gasteiger charge is -2.20. The van der Waals surface area contributed by atoms with E-state index in [1.807, 2.05) is 0 Å². The van der Waals surface area contributed by atoms with Crippen LogP contribution < -0.4 is 10.2 Å². The average Bonchev–Trinajstić information content (AvgIpc) is 2.98. The van der Waals surface area contributed by atoms with Gasteiger partial charge in [0, 0.05) is 24.8 Å². The first-order chi connectivity index (χ1) is 9.20. The molecule has 1 aromatic carbocycles. The summed E-state index contributed by atoms with van der Waals surface area (Å²) in [5.74, 6) is -0.234. The molecule has 1 aliphatic heterocycles. The van der Waals surface area contributed by atoms with Crippen molar-refractivity contribution in [3.05, 3.63) is 29.8 Å². The van der Waals surface area contributed by atoms with Crippen LogP contribution >= 0.6 is 0 Å². The smallest absolute Gasteiger partial charge is 0.319 e. The van der Waals surface area contributed by atoms with Gasteiger partial charge in [-0.05, 0) is 37.5 Å². The zero-order chi connectivity index (χ0) is 13.7. The highest BCUT2D eigenvalue weighted by Gasteiger charge is 2.14. The van der Waals surface area contributed by atoms with E-state index >= 15 is 0 Å². The molecule has 1 saturated heterocycles. The van der Waals surface area contributed by atoms with Crippen LogP contribution in [-0.4, -0.2) is 32.7 Å². The number of methoxy groups -OCH3 is 1. The van der Waals surface area contributed by atoms with Crippen LogP contribution in [0.15, 0.2) is 24.3 Å². The molecule has 0 aromatic heterocycles. The normalized spacial score (nSPS) is 16.4. The van der Waals surface area contributed by atoms with Crippen LogP contribution in [0, 0.1) is 0 Å². The van der Waals surface area contributed by atoms with E-state index in [1.165, 1.54) is 31.2 Å². The van der Waals surface area contributed by atoms with Gasteiger partial charge in [0.25, 0.3) is 0 Å². The number of carbonyl (C=O) groups excluding carboxylic acids is 1. The molecule has 0 radical (unpaired) electrons. The van der Waals surface area contributed by atoms with E-state index < -0.39 is 0 Å². The quantitative estimate of drug-likeness (QED) is 0.825. The zero-order valence-electron chi connectivity index (χ0n) is 11.7. The molecule has 1 fully saturated rings. The summed E-state index contributed by atoms with van der Waals surface area (Å²) in [6, 6.07) is 8.68. The molecule has 0 saturated carbocycles. The van der Waals surface area contributed by atoms with Crippen molar-refractivity contribution in [1.82, 2.24) is 5.32 Å². The number of anilines is 1. The van der Waals surface area contributed by atoms with Crippen molar-refractivity contribution >= 4 is 11.7 Å². The molecule has 1 aromatic rings. The van der Waals surface area contributed by atoms with Gasteiger partial charge in [-0.15, -0.1) is 0 Å². The third-order valence-corrected chi connectivity index (χ3v) is 3.62. The highest BCUT2D eigenvalue weighted by Crippen LogP contribution is 2.23. The summed E-state index contributed by atoms with van der Waals surface area (Å²) in [5.41, 5.74) is 2.48. The summed E-state index contributed by atoms with van der Waals surface area (Å²) in [4.78, 5) is 13.5. The Morgan fingerprint density at radius 1 is 1.42 bits per heavy atom. The molecule has 1 atom stereocenters. The molecule has 0 spiro atoms. The number of ether oxygens (including phenoxy) is 1. The minimum absolute atomic E-state index is 0.140. The Morgan fingerprint density at radius 2 is 2.16 bits per heavy atom. The van der Waals surface area contributed by atoms with Crippen molar-refractivity contribution in [1.29, 1.82) is 0 Å². The van der Waals surface area contributed by atoms with Gasteiger partial charge in [-0.3, -0.25) is 4.79 Å². The average molecular weight is 262 g/mol. The van der Waals surface area contributed by atoms with E-state index in [4.69, 9.17) is 0 Å². The number of hydrogen-bond acceptors (Lipinski definition) is 4. The van der Waals surface area contributed by atoms with E-state index in [0.29, 0.717) is 0 Å². The van der Waals surface area contributed by atoms with Crippen LogP contribution in [0.3, 0.4) is 0 Å². The van der Waals surface area contributed by atoms with Crippen molar-refractivity contribution in [2.45, 2.75) is 25.8 Å². The molecular weight excluding hydrogens is 240 g/mol. The maximum Gasteiger partial charge on any atom is 0.319 e. The Labute approximate surface area is 114 Å². The Morgan fingerprint density at radius 3 is 2.84 bits per heavy atom. The van der Waals surface area contributed by atoms with Gasteiger partial charge in [0.15, 0.2) is 0 Å². The molecule has 0 unspecified atom stereocenters. The predicted octanol–water partition coefficient (Wildman–Crippen LogP) is 2.11. The van der Waals surface area contributed by atoms with Crippen LogP contribution in [0.2, 0.25) is 0 Å². The maximum absolute atomic E-state index is 11.1. The van der Waals surface area contributed by atoms with E-state index in [-0.39, 0.29) is 18.6 Å². The predicted molar refractivity (Wildman–Crippen MR) is 76.3 cm³/mol. The lowest BCUT2D eigenvalue weighted by molar-refractivity contribution is -0.139. The number of nitrogens with one attached hydrogen (secondary N) is 1. The molecule has 4 heteroatoms. The fourth-order valence-corrected chi connectivity index (χ4v) is 2.39. The standard InChI is InChI=1S/C15H22N2O2/c1-12(16-11-15(18)19-2)13-6-5-7-14(10-13)17-8-3-4-9-17/h5-7,10,12,16H,3-4,8-9,11H2,1-2H3/t12-/m1/s1. The van der Waals surface area contributed by atoms with Crippen LogP contribution in [0.4, 0.5) is 5.69 Å². The second-order valence-electron chi connectivity index (χ2n) is 4.97. The SMILES string of the molecule is COC(=O)CN[C@H](C)c1cccc(N2CCCC2)c1. The first-order valence-electron chi connectivity index (χ1n) is 6.86. The summed E-state index contributed by atoms with van der Waals surface area (Å²) in [6.45, 7) is 4.60. The van der Waals surface area contributed by atoms with Gasteiger partial charge in [-0.1, -0.05) is 12.1 Å². The van der Waals surface area contributed by atoms with Gasteiger partial charge in [-0.25, -0.2) is 0 Å². The van der Waals surface area contributed by atoms with Crippen molar-refractivity contribution < 1.29 is 9.53 Å². The minimum atomic E-state index is -0.234. The van der Waals surface area contributed by atoms with Gasteiger partial charge in [0.2, 0.25) is 0 Å². The fraction of sp³-hybridized carbons (Fsp3) is 0.533. The van der Waals surface area contributed by atoms with Crippen molar-refractivity contribution in [2.24, 2.45) is 0 Å². The lowest BCUT2D eigenvalue weighted by Crippen LogP contribution is -2.27. The molecule has 0 aliphatic carbocycles. The van der Waals surface area contributed by atoms with Gasteiger partial charge in [0.1, 0.15) is 0 Å². The zero-order valence-corrected chi connectivity index (χ0v) is 11.7. The van der Waals surface area contributed by atoms with Crippen molar-refractivity contribution in [3.8, 4) is 0 Å². The van der Waals surface area contributed by atoms with Gasteiger partial charge < -0.3 is 15.0 Å². The van der Waals surface area contributed by atoms with E-state index in [9.17, 15) is 4.79 Å². The van der Waals surface area contributed by atoms with Crippen molar-refractivity contribution in [3.63, 3.8) is 0 Å². The Balaban J connectivity index is 1.99. The van der Waals surface area contributed by atoms with Crippen LogP contribution in [0.25, 0.3) is 0 Å². The highest BCUT2D eigenvalue weighted by molar-refractivity contribution is 5.71. The first-order valence-corrected chi connectivity index (χ1v) is 6.86. The first kappa shape index (κ1) is 13.9. The van der Waals surface area contributed by atoms with E-state index in [1.54, 1.807) is 0 Å². The number of nitrogens with zero attached hydrogens (tertiary/aromatic N) is 1. The lowest BCUT2D eigenvalue weighted by atomic mass is 10.1. The number of hydrogen-bond donors (Lipinski definition) is 1. The van der Waals surface area contributed by atoms with Crippen LogP contribution in [0.1, 0.15) is 31.4 Å². The topological polar surface area (TPSA) is 41.6 Å². The van der Waals surface area contributed by atoms with Gasteiger partial charge in [0.05, 0.1) is 13.7 Å². The van der Waals surface area contributed by atoms with E-state index in [2.05, 4.69) is 46.1 Å². The third-order valence-electron chi connectivity index (χ3n) is 3.62. The summed E-state index contributed by atoms with van der Waals surface area (Å²) in [5, 5.41) is 3.17. The Hall–Kier alpha value is -1.55. The molecule has 2 rings (SSSR count). The molecule has 1 aliphatic rings. The molecular formula is C15H22N2O2. The molecule has 0 bridgehead atoms. The summed E-state index contributed by atoms with van der Waals surface area (Å²) in [7, 11) is 1.41. The monoisotopic (exact) mass is 262 g/mol. The molecule has 1 N–H and O–H groups in total. The number of benzene rings is 1. The second-order valence-corrected chi connectivity index (χ2v) is 4.97. The molecule has 4 nitrogen and oxygen atoms in total. The fourth-order valence-electron chi connectivity index (χ4n) is 2.39. The molecule has 19 heavy (non-hydrogen) atoms. The van der Waals surface area contributed by atoms with Crippen molar-refractivity contribution in [2.75, 3.05) is 31.6 Å². The molecule has 104 valence electrons. The summed E-state index contributed by atoms with van der Waals surface area (Å²) >= 11 is 0. The van der Waals surface area contributed by atoms with Gasteiger partial charge >= 0.3 is 5.97 Å². The molecule has 0 amide bonds. The minimum Gasteiger partial charge on any atom is -0.468 e. The number of esters is 1. The number of carbonyl (C=O) groups is 1. The summed E-state index contributed by atoms with van der Waals surface area (Å²) < 4.78 is 4.63. The van der Waals surface area contributed by atoms with E-state index in [0.717, 1.165) is 13.1 Å². The summed E-state index contributed by atoms with van der Waals surface area (Å²) in [6.07, 6.45) is 2.56. The molecule has 1 heterocycles.